The van der Waals surface area contributed by atoms with E-state index in [1.807, 2.05) is 37.4 Å². The lowest BCUT2D eigenvalue weighted by Gasteiger charge is -2.18. The average Bonchev–Trinajstić information content (AvgIpc) is 3.50. The predicted molar refractivity (Wildman–Crippen MR) is 116 cm³/mol. The maximum absolute atomic E-state index is 12.7. The summed E-state index contributed by atoms with van der Waals surface area (Å²) < 4.78 is 2.19. The summed E-state index contributed by atoms with van der Waals surface area (Å²) in [4.78, 5) is 14.5. The van der Waals surface area contributed by atoms with E-state index in [9.17, 15) is 4.79 Å². The molecule has 3 aromatic rings. The molecular weight excluding hydrogens is 380 g/mol. The fraction of sp³-hybridized carbons (Fsp3) is 0.348. The second kappa shape index (κ2) is 8.82. The van der Waals surface area contributed by atoms with Crippen LogP contribution in [0.1, 0.15) is 41.3 Å². The van der Waals surface area contributed by atoms with Gasteiger partial charge in [0.1, 0.15) is 5.82 Å². The van der Waals surface area contributed by atoms with Gasteiger partial charge in [-0.15, -0.1) is 10.2 Å². The van der Waals surface area contributed by atoms with Crippen LogP contribution in [0.15, 0.2) is 59.8 Å². The van der Waals surface area contributed by atoms with E-state index in [4.69, 9.17) is 0 Å². The van der Waals surface area contributed by atoms with E-state index in [1.165, 1.54) is 41.3 Å². The molecule has 1 aromatic heterocycles. The normalized spacial score (nSPS) is 13.4. The lowest BCUT2D eigenvalue weighted by molar-refractivity contribution is -0.127. The zero-order valence-corrected chi connectivity index (χ0v) is 17.7. The van der Waals surface area contributed by atoms with Crippen LogP contribution in [-0.4, -0.2) is 38.4 Å². The Morgan fingerprint density at radius 1 is 1.10 bits per heavy atom. The first-order valence-electron chi connectivity index (χ1n) is 10.00. The number of amides is 1. The summed E-state index contributed by atoms with van der Waals surface area (Å²) in [6, 6.07) is 18.5. The predicted octanol–water partition coefficient (Wildman–Crippen LogP) is 4.26. The second-order valence-corrected chi connectivity index (χ2v) is 8.59. The summed E-state index contributed by atoms with van der Waals surface area (Å²) >= 11 is 1.48. The van der Waals surface area contributed by atoms with Crippen molar-refractivity contribution in [3.05, 3.63) is 77.1 Å². The fourth-order valence-electron chi connectivity index (χ4n) is 3.33. The maximum Gasteiger partial charge on any atom is 0.233 e. The number of thioether (sulfide) groups is 1. The SMILES string of the molecule is Cc1ccccc1CN(C)C(=O)CSc1nnc(C2CC2)n1Cc1ccccc1. The van der Waals surface area contributed by atoms with Crippen LogP contribution in [0.3, 0.4) is 0 Å². The summed E-state index contributed by atoms with van der Waals surface area (Å²) in [7, 11) is 1.86. The Hall–Kier alpha value is -2.60. The van der Waals surface area contributed by atoms with E-state index in [-0.39, 0.29) is 5.91 Å². The van der Waals surface area contributed by atoms with Gasteiger partial charge in [0.05, 0.1) is 12.3 Å². The molecule has 0 N–H and O–H groups in total. The fourth-order valence-corrected chi connectivity index (χ4v) is 4.22. The van der Waals surface area contributed by atoms with Crippen LogP contribution in [0.2, 0.25) is 0 Å². The van der Waals surface area contributed by atoms with Gasteiger partial charge >= 0.3 is 0 Å². The number of hydrogen-bond acceptors (Lipinski definition) is 4. The van der Waals surface area contributed by atoms with Gasteiger partial charge in [0.25, 0.3) is 0 Å². The van der Waals surface area contributed by atoms with Gasteiger partial charge in [-0.1, -0.05) is 66.4 Å². The van der Waals surface area contributed by atoms with E-state index in [1.54, 1.807) is 4.90 Å². The van der Waals surface area contributed by atoms with E-state index in [0.29, 0.717) is 18.2 Å². The average molecular weight is 407 g/mol. The standard InChI is InChI=1S/C23H26N4OS/c1-17-8-6-7-11-20(17)15-26(2)21(28)16-29-23-25-24-22(19-12-13-19)27(23)14-18-9-4-3-5-10-18/h3-11,19H,12-16H2,1-2H3. The molecule has 0 bridgehead atoms. The number of benzene rings is 2. The van der Waals surface area contributed by atoms with E-state index in [0.717, 1.165) is 17.5 Å². The Morgan fingerprint density at radius 3 is 2.55 bits per heavy atom. The molecule has 0 saturated heterocycles. The Balaban J connectivity index is 1.42. The summed E-state index contributed by atoms with van der Waals surface area (Å²) in [5.41, 5.74) is 3.60. The highest BCUT2D eigenvalue weighted by atomic mass is 32.2. The molecule has 1 aliphatic rings. The molecule has 5 nitrogen and oxygen atoms in total. The van der Waals surface area contributed by atoms with Crippen LogP contribution in [-0.2, 0) is 17.9 Å². The highest BCUT2D eigenvalue weighted by Crippen LogP contribution is 2.40. The second-order valence-electron chi connectivity index (χ2n) is 7.65. The zero-order chi connectivity index (χ0) is 20.2. The van der Waals surface area contributed by atoms with Gasteiger partial charge in [-0.2, -0.15) is 0 Å². The summed E-state index contributed by atoms with van der Waals surface area (Å²) in [5.74, 6) is 2.03. The van der Waals surface area contributed by atoms with Crippen molar-refractivity contribution in [3.8, 4) is 0 Å². The molecule has 4 rings (SSSR count). The first kappa shape index (κ1) is 19.7. The zero-order valence-electron chi connectivity index (χ0n) is 16.9. The molecule has 150 valence electrons. The van der Waals surface area contributed by atoms with Gasteiger partial charge in [0, 0.05) is 19.5 Å². The molecule has 0 radical (unpaired) electrons. The van der Waals surface area contributed by atoms with Gasteiger partial charge in [0.2, 0.25) is 5.91 Å². The quantitative estimate of drug-likeness (QED) is 0.525. The number of carbonyl (C=O) groups is 1. The van der Waals surface area contributed by atoms with E-state index in [2.05, 4.69) is 46.0 Å². The maximum atomic E-state index is 12.7. The van der Waals surface area contributed by atoms with Crippen LogP contribution in [0.25, 0.3) is 0 Å². The van der Waals surface area contributed by atoms with Crippen LogP contribution in [0.5, 0.6) is 0 Å². The van der Waals surface area contributed by atoms with Crippen LogP contribution >= 0.6 is 11.8 Å². The monoisotopic (exact) mass is 406 g/mol. The molecule has 6 heteroatoms. The first-order chi connectivity index (χ1) is 14.1. The van der Waals surface area contributed by atoms with Gasteiger partial charge in [-0.3, -0.25) is 4.79 Å². The molecule has 1 fully saturated rings. The molecule has 1 aliphatic carbocycles. The molecule has 29 heavy (non-hydrogen) atoms. The molecule has 0 unspecified atom stereocenters. The number of rotatable bonds is 8. The summed E-state index contributed by atoms with van der Waals surface area (Å²) in [6.07, 6.45) is 2.35. The topological polar surface area (TPSA) is 51.0 Å². The van der Waals surface area contributed by atoms with Gasteiger partial charge in [-0.25, -0.2) is 0 Å². The molecule has 2 aromatic carbocycles. The third-order valence-corrected chi connectivity index (χ3v) is 6.24. The van der Waals surface area contributed by atoms with Crippen molar-refractivity contribution in [2.75, 3.05) is 12.8 Å². The number of carbonyl (C=O) groups excluding carboxylic acids is 1. The highest BCUT2D eigenvalue weighted by Gasteiger charge is 2.30. The minimum absolute atomic E-state index is 0.0977. The number of hydrogen-bond donors (Lipinski definition) is 0. The van der Waals surface area contributed by atoms with Crippen molar-refractivity contribution in [2.24, 2.45) is 0 Å². The summed E-state index contributed by atoms with van der Waals surface area (Å²) in [5, 5.41) is 9.68. The summed E-state index contributed by atoms with van der Waals surface area (Å²) in [6.45, 7) is 3.44. The van der Waals surface area contributed by atoms with Gasteiger partial charge < -0.3 is 9.47 Å². The van der Waals surface area contributed by atoms with Crippen molar-refractivity contribution in [1.82, 2.24) is 19.7 Å². The van der Waals surface area contributed by atoms with Crippen molar-refractivity contribution in [3.63, 3.8) is 0 Å². The Bertz CT molecular complexity index is 982. The van der Waals surface area contributed by atoms with Gasteiger partial charge in [-0.05, 0) is 36.5 Å². The van der Waals surface area contributed by atoms with Crippen LogP contribution in [0, 0.1) is 6.92 Å². The lowest BCUT2D eigenvalue weighted by Crippen LogP contribution is -2.28. The Kier molecular flexibility index (Phi) is 6.00. The number of nitrogens with zero attached hydrogens (tertiary/aromatic N) is 4. The molecule has 1 heterocycles. The van der Waals surface area contributed by atoms with Crippen molar-refractivity contribution < 1.29 is 4.79 Å². The molecular formula is C23H26N4OS. The number of aromatic nitrogens is 3. The minimum Gasteiger partial charge on any atom is -0.341 e. The Morgan fingerprint density at radius 2 is 1.83 bits per heavy atom. The molecule has 0 spiro atoms. The van der Waals surface area contributed by atoms with E-state index < -0.39 is 0 Å². The third kappa shape index (κ3) is 4.88. The largest absolute Gasteiger partial charge is 0.341 e. The van der Waals surface area contributed by atoms with Crippen molar-refractivity contribution in [2.45, 2.75) is 43.9 Å². The Labute approximate surface area is 176 Å². The first-order valence-corrected chi connectivity index (χ1v) is 11.0. The molecule has 1 amide bonds. The van der Waals surface area contributed by atoms with Crippen molar-refractivity contribution >= 4 is 17.7 Å². The molecule has 1 saturated carbocycles. The lowest BCUT2D eigenvalue weighted by atomic mass is 10.1. The molecule has 0 aliphatic heterocycles. The minimum atomic E-state index is 0.0977. The van der Waals surface area contributed by atoms with Crippen LogP contribution < -0.4 is 0 Å². The van der Waals surface area contributed by atoms with Crippen molar-refractivity contribution in [1.29, 1.82) is 0 Å². The van der Waals surface area contributed by atoms with Gasteiger partial charge in [0.15, 0.2) is 5.16 Å². The highest BCUT2D eigenvalue weighted by molar-refractivity contribution is 7.99. The van der Waals surface area contributed by atoms with E-state index >= 15 is 0 Å². The smallest absolute Gasteiger partial charge is 0.233 e. The third-order valence-electron chi connectivity index (χ3n) is 5.29. The van der Waals surface area contributed by atoms with Crippen LogP contribution in [0.4, 0.5) is 0 Å². The number of aryl methyl sites for hydroxylation is 1. The molecule has 0 atom stereocenters.